The molecule has 0 unspecified atom stereocenters. The van der Waals surface area contributed by atoms with Crippen LogP contribution < -0.4 is 16.0 Å². The van der Waals surface area contributed by atoms with Crippen molar-refractivity contribution in [2.24, 2.45) is 7.05 Å². The number of amides is 3. The molecule has 0 saturated heterocycles. The van der Waals surface area contributed by atoms with Crippen LogP contribution in [0.25, 0.3) is 11.0 Å². The van der Waals surface area contributed by atoms with Crippen molar-refractivity contribution in [3.8, 4) is 0 Å². The van der Waals surface area contributed by atoms with E-state index in [-0.39, 0.29) is 11.9 Å². The number of nitrogens with one attached hydrogen (secondary N) is 3. The molecule has 2 aromatic carbocycles. The molecule has 0 radical (unpaired) electrons. The molecule has 152 valence electrons. The Hall–Kier alpha value is -3.65. The number of benzene rings is 2. The third kappa shape index (κ3) is 4.49. The first-order chi connectivity index (χ1) is 14.6. The summed E-state index contributed by atoms with van der Waals surface area (Å²) in [6.07, 6.45) is 0.611. The number of imidazole rings is 1. The number of nitrogens with zero attached hydrogens (tertiary/aromatic N) is 2. The van der Waals surface area contributed by atoms with E-state index in [2.05, 4.69) is 20.9 Å². The molecular weight excluding hydrogens is 398 g/mol. The number of carbonyl (C=O) groups excluding carboxylic acids is 2. The number of thiophene rings is 1. The van der Waals surface area contributed by atoms with Crippen LogP contribution in [0.4, 0.5) is 16.2 Å². The molecule has 0 aliphatic heterocycles. The number of hydrogen-bond acceptors (Lipinski definition) is 4. The molecule has 4 rings (SSSR count). The summed E-state index contributed by atoms with van der Waals surface area (Å²) in [5, 5.41) is 10.4. The third-order valence-electron chi connectivity index (χ3n) is 4.64. The highest BCUT2D eigenvalue weighted by atomic mass is 32.1. The van der Waals surface area contributed by atoms with Gasteiger partial charge in [0.1, 0.15) is 5.82 Å². The molecule has 3 N–H and O–H groups in total. The van der Waals surface area contributed by atoms with Crippen LogP contribution >= 0.6 is 11.3 Å². The van der Waals surface area contributed by atoms with Gasteiger partial charge in [-0.25, -0.2) is 9.78 Å². The Bertz CT molecular complexity index is 1170. The summed E-state index contributed by atoms with van der Waals surface area (Å²) in [6.45, 7) is 0.498. The largest absolute Gasteiger partial charge is 0.351 e. The van der Waals surface area contributed by atoms with Crippen LogP contribution in [0.15, 0.2) is 66.0 Å². The predicted molar refractivity (Wildman–Crippen MR) is 120 cm³/mol. The summed E-state index contributed by atoms with van der Waals surface area (Å²) in [6, 6.07) is 18.2. The van der Waals surface area contributed by atoms with Crippen molar-refractivity contribution >= 4 is 45.7 Å². The minimum absolute atomic E-state index is 0.0697. The van der Waals surface area contributed by atoms with E-state index in [4.69, 9.17) is 0 Å². The van der Waals surface area contributed by atoms with Crippen molar-refractivity contribution in [3.05, 3.63) is 76.7 Å². The summed E-state index contributed by atoms with van der Waals surface area (Å²) in [7, 11) is 1.95. The van der Waals surface area contributed by atoms with Gasteiger partial charge in [0.2, 0.25) is 0 Å². The molecule has 7 nitrogen and oxygen atoms in total. The van der Waals surface area contributed by atoms with E-state index < -0.39 is 0 Å². The smallest absolute Gasteiger partial charge is 0.323 e. The van der Waals surface area contributed by atoms with Gasteiger partial charge in [-0.05, 0) is 41.8 Å². The Morgan fingerprint density at radius 2 is 1.80 bits per heavy atom. The van der Waals surface area contributed by atoms with E-state index in [0.29, 0.717) is 23.5 Å². The molecule has 8 heteroatoms. The number of para-hydroxylation sites is 1. The lowest BCUT2D eigenvalue weighted by molar-refractivity contribution is 0.0958. The van der Waals surface area contributed by atoms with Crippen LogP contribution in [0.2, 0.25) is 0 Å². The number of carbonyl (C=O) groups is 2. The summed E-state index contributed by atoms with van der Waals surface area (Å²) < 4.78 is 2.00. The first-order valence-electron chi connectivity index (χ1n) is 9.50. The number of hydrogen-bond donors (Lipinski definition) is 3. The summed E-state index contributed by atoms with van der Waals surface area (Å²) in [5.41, 5.74) is 3.13. The fraction of sp³-hybridized carbons (Fsp3) is 0.136. The molecule has 0 bridgehead atoms. The highest BCUT2D eigenvalue weighted by Gasteiger charge is 2.11. The fourth-order valence-electron chi connectivity index (χ4n) is 3.15. The van der Waals surface area contributed by atoms with Gasteiger partial charge in [-0.2, -0.15) is 0 Å². The van der Waals surface area contributed by atoms with Gasteiger partial charge in [-0.3, -0.25) is 4.79 Å². The molecule has 30 heavy (non-hydrogen) atoms. The zero-order valence-electron chi connectivity index (χ0n) is 16.4. The monoisotopic (exact) mass is 419 g/mol. The summed E-state index contributed by atoms with van der Waals surface area (Å²) in [4.78, 5) is 29.6. The minimum atomic E-state index is -0.312. The maximum absolute atomic E-state index is 12.2. The normalized spacial score (nSPS) is 10.7. The number of aryl methyl sites for hydroxylation is 1. The van der Waals surface area contributed by atoms with Gasteiger partial charge >= 0.3 is 6.03 Å². The van der Waals surface area contributed by atoms with Crippen molar-refractivity contribution in [2.75, 3.05) is 17.2 Å². The number of fused-ring (bicyclic) bond motifs is 1. The Balaban J connectivity index is 1.39. The second-order valence-corrected chi connectivity index (χ2v) is 7.67. The zero-order valence-corrected chi connectivity index (χ0v) is 17.2. The van der Waals surface area contributed by atoms with Crippen LogP contribution in [0.3, 0.4) is 0 Å². The molecule has 2 heterocycles. The van der Waals surface area contributed by atoms with Gasteiger partial charge in [0.15, 0.2) is 0 Å². The maximum Gasteiger partial charge on any atom is 0.323 e. The summed E-state index contributed by atoms with van der Waals surface area (Å²) in [5.74, 6) is 0.794. The third-order valence-corrected chi connectivity index (χ3v) is 5.51. The minimum Gasteiger partial charge on any atom is -0.351 e. The second-order valence-electron chi connectivity index (χ2n) is 6.72. The molecule has 0 fully saturated rings. The van der Waals surface area contributed by atoms with Crippen LogP contribution in [0, 0.1) is 0 Å². The molecule has 0 saturated carbocycles. The van der Waals surface area contributed by atoms with E-state index in [1.807, 2.05) is 71.6 Å². The average molecular weight is 420 g/mol. The molecule has 0 aliphatic rings. The van der Waals surface area contributed by atoms with Crippen LogP contribution in [-0.4, -0.2) is 28.0 Å². The van der Waals surface area contributed by atoms with Crippen molar-refractivity contribution < 1.29 is 9.59 Å². The van der Waals surface area contributed by atoms with Crippen molar-refractivity contribution in [1.29, 1.82) is 0 Å². The van der Waals surface area contributed by atoms with Gasteiger partial charge in [0.25, 0.3) is 5.91 Å². The molecule has 0 aliphatic carbocycles. The molecular formula is C22H21N5O2S. The van der Waals surface area contributed by atoms with Crippen LogP contribution in [0.1, 0.15) is 15.5 Å². The fourth-order valence-corrected chi connectivity index (χ4v) is 3.79. The van der Waals surface area contributed by atoms with E-state index in [1.165, 1.54) is 11.3 Å². The number of anilines is 2. The Morgan fingerprint density at radius 3 is 2.57 bits per heavy atom. The van der Waals surface area contributed by atoms with E-state index in [9.17, 15) is 9.59 Å². The topological polar surface area (TPSA) is 88.1 Å². The van der Waals surface area contributed by atoms with Gasteiger partial charge < -0.3 is 20.5 Å². The first kappa shape index (κ1) is 19.7. The Morgan fingerprint density at radius 1 is 1.00 bits per heavy atom. The Labute approximate surface area is 177 Å². The number of aromatic nitrogens is 2. The van der Waals surface area contributed by atoms with Crippen LogP contribution in [0.5, 0.6) is 0 Å². The van der Waals surface area contributed by atoms with Crippen molar-refractivity contribution in [3.63, 3.8) is 0 Å². The highest BCUT2D eigenvalue weighted by Crippen LogP contribution is 2.20. The van der Waals surface area contributed by atoms with Gasteiger partial charge in [0.05, 0.1) is 15.9 Å². The van der Waals surface area contributed by atoms with Crippen molar-refractivity contribution in [2.45, 2.75) is 6.42 Å². The van der Waals surface area contributed by atoms with E-state index in [0.717, 1.165) is 22.5 Å². The van der Waals surface area contributed by atoms with E-state index >= 15 is 0 Å². The van der Waals surface area contributed by atoms with E-state index in [1.54, 1.807) is 6.07 Å². The second kappa shape index (κ2) is 8.79. The molecule has 4 aromatic rings. The lowest BCUT2D eigenvalue weighted by Crippen LogP contribution is -2.25. The standard InChI is InChI=1S/C22H21N5O2S/c1-27-18-10-9-16(25-22(29)24-15-6-3-2-4-7-15)14-17(18)26-20(27)11-12-23-21(28)19-8-5-13-30-19/h2-10,13-14H,11-12H2,1H3,(H,23,28)(H2,24,25,29). The molecule has 2 aromatic heterocycles. The van der Waals surface area contributed by atoms with Crippen LogP contribution in [-0.2, 0) is 13.5 Å². The number of rotatable bonds is 6. The number of urea groups is 1. The lowest BCUT2D eigenvalue weighted by atomic mass is 10.2. The zero-order chi connectivity index (χ0) is 20.9. The highest BCUT2D eigenvalue weighted by molar-refractivity contribution is 7.12. The van der Waals surface area contributed by atoms with Gasteiger partial charge in [0, 0.05) is 31.4 Å². The van der Waals surface area contributed by atoms with Crippen molar-refractivity contribution in [1.82, 2.24) is 14.9 Å². The lowest BCUT2D eigenvalue weighted by Gasteiger charge is -2.07. The predicted octanol–water partition coefficient (Wildman–Crippen LogP) is 4.25. The van der Waals surface area contributed by atoms with Gasteiger partial charge in [-0.1, -0.05) is 24.3 Å². The maximum atomic E-state index is 12.2. The molecule has 3 amide bonds. The molecule has 0 spiro atoms. The van der Waals surface area contributed by atoms with Gasteiger partial charge in [-0.15, -0.1) is 11.3 Å². The average Bonchev–Trinajstić information content (AvgIpc) is 3.37. The Kier molecular flexibility index (Phi) is 5.76. The molecule has 0 atom stereocenters. The summed E-state index contributed by atoms with van der Waals surface area (Å²) >= 11 is 1.42. The quantitative estimate of drug-likeness (QED) is 0.437. The first-order valence-corrected chi connectivity index (χ1v) is 10.4. The SMILES string of the molecule is Cn1c(CCNC(=O)c2cccs2)nc2cc(NC(=O)Nc3ccccc3)ccc21.